The normalized spacial score (nSPS) is 12.1. The van der Waals surface area contributed by atoms with Gasteiger partial charge in [0, 0.05) is 5.69 Å². The van der Waals surface area contributed by atoms with Crippen molar-refractivity contribution in [2.45, 2.75) is 26.7 Å². The third kappa shape index (κ3) is 3.93. The monoisotopic (exact) mass is 221 g/mol. The highest BCUT2D eigenvalue weighted by molar-refractivity contribution is 5.74. The molecule has 88 valence electrons. The number of para-hydroxylation sites is 1. The third-order valence-corrected chi connectivity index (χ3v) is 2.62. The van der Waals surface area contributed by atoms with E-state index >= 15 is 0 Å². The average Bonchev–Trinajstić information content (AvgIpc) is 2.29. The van der Waals surface area contributed by atoms with Crippen LogP contribution in [0.15, 0.2) is 24.3 Å². The molecule has 1 aromatic carbocycles. The molecule has 0 radical (unpaired) electrons. The number of benzene rings is 1. The van der Waals surface area contributed by atoms with Gasteiger partial charge in [-0.15, -0.1) is 0 Å². The van der Waals surface area contributed by atoms with E-state index < -0.39 is 0 Å². The first-order valence-electron chi connectivity index (χ1n) is 5.62. The fraction of sp³-hybridized carbons (Fsp3) is 0.462. The summed E-state index contributed by atoms with van der Waals surface area (Å²) in [6.07, 6.45) is 1.27. The van der Waals surface area contributed by atoms with Gasteiger partial charge in [-0.05, 0) is 17.5 Å². The number of esters is 1. The summed E-state index contributed by atoms with van der Waals surface area (Å²) in [5.41, 5.74) is 7.22. The Bertz CT molecular complexity index is 350. The second kappa shape index (κ2) is 6.16. The first-order valence-corrected chi connectivity index (χ1v) is 5.62. The number of hydrogen-bond donors (Lipinski definition) is 1. The zero-order chi connectivity index (χ0) is 12.0. The second-order valence-electron chi connectivity index (χ2n) is 4.07. The van der Waals surface area contributed by atoms with Crippen molar-refractivity contribution in [2.24, 2.45) is 5.92 Å². The van der Waals surface area contributed by atoms with Crippen molar-refractivity contribution in [1.82, 2.24) is 0 Å². The fourth-order valence-corrected chi connectivity index (χ4v) is 1.25. The molecule has 0 saturated carbocycles. The quantitative estimate of drug-likeness (QED) is 0.613. The van der Waals surface area contributed by atoms with E-state index in [2.05, 4.69) is 13.8 Å². The molecule has 0 fully saturated rings. The zero-order valence-electron chi connectivity index (χ0n) is 9.90. The number of nitrogens with two attached hydrogens (primary N) is 1. The van der Waals surface area contributed by atoms with Gasteiger partial charge in [0.15, 0.2) is 0 Å². The number of anilines is 1. The molecule has 0 amide bonds. The van der Waals surface area contributed by atoms with Gasteiger partial charge in [0.2, 0.25) is 0 Å². The Morgan fingerprint density at radius 1 is 1.44 bits per heavy atom. The molecule has 3 nitrogen and oxygen atoms in total. The number of ether oxygens (including phenoxy) is 1. The SMILES string of the molecule is CCC(C)COC(=O)Cc1ccccc1N. The summed E-state index contributed by atoms with van der Waals surface area (Å²) in [7, 11) is 0. The van der Waals surface area contributed by atoms with Crippen LogP contribution in [0, 0.1) is 5.92 Å². The second-order valence-corrected chi connectivity index (χ2v) is 4.07. The molecule has 16 heavy (non-hydrogen) atoms. The van der Waals surface area contributed by atoms with Gasteiger partial charge < -0.3 is 10.5 Å². The predicted molar refractivity (Wildman–Crippen MR) is 65.0 cm³/mol. The summed E-state index contributed by atoms with van der Waals surface area (Å²) in [5.74, 6) is 0.204. The van der Waals surface area contributed by atoms with Crippen LogP contribution in [0.5, 0.6) is 0 Å². The summed E-state index contributed by atoms with van der Waals surface area (Å²) in [6.45, 7) is 4.62. The average molecular weight is 221 g/mol. The molecule has 0 aliphatic rings. The van der Waals surface area contributed by atoms with Crippen LogP contribution in [-0.2, 0) is 16.0 Å². The number of hydrogen-bond acceptors (Lipinski definition) is 3. The van der Waals surface area contributed by atoms with Crippen molar-refractivity contribution in [3.63, 3.8) is 0 Å². The van der Waals surface area contributed by atoms with Crippen LogP contribution in [0.25, 0.3) is 0 Å². The Hall–Kier alpha value is -1.51. The van der Waals surface area contributed by atoms with Gasteiger partial charge in [-0.25, -0.2) is 0 Å². The molecule has 1 rings (SSSR count). The van der Waals surface area contributed by atoms with Crippen LogP contribution >= 0.6 is 0 Å². The number of nitrogen functional groups attached to an aromatic ring is 1. The van der Waals surface area contributed by atoms with Crippen molar-refractivity contribution >= 4 is 11.7 Å². The maximum absolute atomic E-state index is 11.5. The molecule has 2 N–H and O–H groups in total. The van der Waals surface area contributed by atoms with E-state index in [0.717, 1.165) is 12.0 Å². The lowest BCUT2D eigenvalue weighted by Crippen LogP contribution is -2.14. The van der Waals surface area contributed by atoms with Gasteiger partial charge in [0.05, 0.1) is 13.0 Å². The Kier molecular flexibility index (Phi) is 4.83. The number of rotatable bonds is 5. The standard InChI is InChI=1S/C13H19NO2/c1-3-10(2)9-16-13(15)8-11-6-4-5-7-12(11)14/h4-7,10H,3,8-9,14H2,1-2H3. The predicted octanol–water partition coefficient (Wildman–Crippen LogP) is 2.40. The first kappa shape index (κ1) is 12.6. The molecule has 0 spiro atoms. The minimum Gasteiger partial charge on any atom is -0.465 e. The summed E-state index contributed by atoms with van der Waals surface area (Å²) < 4.78 is 5.16. The molecule has 0 aromatic heterocycles. The minimum atomic E-state index is -0.210. The molecule has 0 aliphatic heterocycles. The van der Waals surface area contributed by atoms with E-state index in [1.165, 1.54) is 0 Å². The van der Waals surface area contributed by atoms with Crippen molar-refractivity contribution in [3.05, 3.63) is 29.8 Å². The van der Waals surface area contributed by atoms with E-state index in [9.17, 15) is 4.79 Å². The van der Waals surface area contributed by atoms with E-state index in [4.69, 9.17) is 10.5 Å². The molecule has 1 atom stereocenters. The van der Waals surface area contributed by atoms with Crippen LogP contribution in [0.2, 0.25) is 0 Å². The summed E-state index contributed by atoms with van der Waals surface area (Å²) in [5, 5.41) is 0. The lowest BCUT2D eigenvalue weighted by Gasteiger charge is -2.10. The van der Waals surface area contributed by atoms with Gasteiger partial charge in [-0.2, -0.15) is 0 Å². The molecule has 0 heterocycles. The van der Waals surface area contributed by atoms with Gasteiger partial charge >= 0.3 is 5.97 Å². The number of carbonyl (C=O) groups excluding carboxylic acids is 1. The third-order valence-electron chi connectivity index (χ3n) is 2.62. The highest BCUT2D eigenvalue weighted by atomic mass is 16.5. The first-order chi connectivity index (χ1) is 7.63. The molecule has 1 aromatic rings. The Labute approximate surface area is 96.6 Å². The summed E-state index contributed by atoms with van der Waals surface area (Å²) in [4.78, 5) is 11.5. The Morgan fingerprint density at radius 3 is 2.75 bits per heavy atom. The summed E-state index contributed by atoms with van der Waals surface area (Å²) >= 11 is 0. The van der Waals surface area contributed by atoms with E-state index in [1.807, 2.05) is 18.2 Å². The van der Waals surface area contributed by atoms with E-state index in [0.29, 0.717) is 18.2 Å². The van der Waals surface area contributed by atoms with Crippen LogP contribution < -0.4 is 5.73 Å². The van der Waals surface area contributed by atoms with Gasteiger partial charge in [0.1, 0.15) is 0 Å². The van der Waals surface area contributed by atoms with Crippen LogP contribution in [0.4, 0.5) is 5.69 Å². The van der Waals surface area contributed by atoms with E-state index in [-0.39, 0.29) is 12.4 Å². The zero-order valence-corrected chi connectivity index (χ0v) is 9.90. The van der Waals surface area contributed by atoms with Crippen molar-refractivity contribution < 1.29 is 9.53 Å². The Balaban J connectivity index is 2.43. The van der Waals surface area contributed by atoms with Crippen LogP contribution in [0.3, 0.4) is 0 Å². The van der Waals surface area contributed by atoms with Crippen molar-refractivity contribution in [2.75, 3.05) is 12.3 Å². The minimum absolute atomic E-state index is 0.210. The largest absolute Gasteiger partial charge is 0.465 e. The highest BCUT2D eigenvalue weighted by Crippen LogP contribution is 2.12. The molecular formula is C13H19NO2. The molecule has 0 aliphatic carbocycles. The van der Waals surface area contributed by atoms with Gasteiger partial charge in [0.25, 0.3) is 0 Å². The fourth-order valence-electron chi connectivity index (χ4n) is 1.25. The molecule has 0 saturated heterocycles. The lowest BCUT2D eigenvalue weighted by atomic mass is 10.1. The topological polar surface area (TPSA) is 52.3 Å². The van der Waals surface area contributed by atoms with Crippen molar-refractivity contribution in [3.8, 4) is 0 Å². The van der Waals surface area contributed by atoms with Gasteiger partial charge in [-0.3, -0.25) is 4.79 Å². The summed E-state index contributed by atoms with van der Waals surface area (Å²) in [6, 6.07) is 7.36. The van der Waals surface area contributed by atoms with Crippen LogP contribution in [0.1, 0.15) is 25.8 Å². The molecule has 3 heteroatoms. The molecule has 0 bridgehead atoms. The van der Waals surface area contributed by atoms with E-state index in [1.54, 1.807) is 6.07 Å². The smallest absolute Gasteiger partial charge is 0.310 e. The lowest BCUT2D eigenvalue weighted by molar-refractivity contribution is -0.144. The number of carbonyl (C=O) groups is 1. The highest BCUT2D eigenvalue weighted by Gasteiger charge is 2.08. The maximum atomic E-state index is 11.5. The maximum Gasteiger partial charge on any atom is 0.310 e. The van der Waals surface area contributed by atoms with Crippen LogP contribution in [-0.4, -0.2) is 12.6 Å². The van der Waals surface area contributed by atoms with Crippen molar-refractivity contribution in [1.29, 1.82) is 0 Å². The van der Waals surface area contributed by atoms with Gasteiger partial charge in [-0.1, -0.05) is 38.5 Å². The molecular weight excluding hydrogens is 202 g/mol. The Morgan fingerprint density at radius 2 is 2.12 bits per heavy atom. The molecule has 1 unspecified atom stereocenters.